The third-order valence-corrected chi connectivity index (χ3v) is 3.17. The van der Waals surface area contributed by atoms with Crippen LogP contribution in [0, 0.1) is 6.92 Å². The van der Waals surface area contributed by atoms with E-state index in [0.29, 0.717) is 12.8 Å². The summed E-state index contributed by atoms with van der Waals surface area (Å²) in [5.41, 5.74) is -0.108. The van der Waals surface area contributed by atoms with Gasteiger partial charge in [-0.2, -0.15) is 0 Å². The smallest absolute Gasteiger partial charge is 0.331 e. The van der Waals surface area contributed by atoms with Crippen LogP contribution >= 0.6 is 0 Å². The molecule has 0 aliphatic carbocycles. The van der Waals surface area contributed by atoms with Crippen molar-refractivity contribution in [1.29, 1.82) is 0 Å². The highest BCUT2D eigenvalue weighted by Crippen LogP contribution is 2.21. The molecule has 20 heavy (non-hydrogen) atoms. The zero-order valence-corrected chi connectivity index (χ0v) is 12.3. The Morgan fingerprint density at radius 3 is 2.55 bits per heavy atom. The number of nitrogens with one attached hydrogen (secondary N) is 1. The Morgan fingerprint density at radius 2 is 2.05 bits per heavy atom. The first-order chi connectivity index (χ1) is 9.34. The molecule has 1 aromatic carbocycles. The Hall–Kier alpha value is -2.04. The van der Waals surface area contributed by atoms with E-state index >= 15 is 0 Å². The lowest BCUT2D eigenvalue weighted by Crippen LogP contribution is -2.52. The SMILES string of the molecule is CCCC(C)(NC(=O)c1ccc(C)cc1O)C(=O)OC. The number of carbonyl (C=O) groups excluding carboxylic acids is 2. The van der Waals surface area contributed by atoms with Gasteiger partial charge in [-0.25, -0.2) is 4.79 Å². The van der Waals surface area contributed by atoms with E-state index in [1.165, 1.54) is 19.2 Å². The summed E-state index contributed by atoms with van der Waals surface area (Å²) >= 11 is 0. The Bertz CT molecular complexity index is 513. The summed E-state index contributed by atoms with van der Waals surface area (Å²) in [5, 5.41) is 12.5. The molecule has 1 aromatic rings. The van der Waals surface area contributed by atoms with Gasteiger partial charge in [0.05, 0.1) is 12.7 Å². The van der Waals surface area contributed by atoms with E-state index in [0.717, 1.165) is 5.56 Å². The number of rotatable bonds is 5. The summed E-state index contributed by atoms with van der Waals surface area (Å²) in [5.74, 6) is -1.10. The van der Waals surface area contributed by atoms with Crippen molar-refractivity contribution in [2.45, 2.75) is 39.2 Å². The second-order valence-electron chi connectivity index (χ2n) is 5.05. The molecule has 1 amide bonds. The van der Waals surface area contributed by atoms with Crippen molar-refractivity contribution in [2.24, 2.45) is 0 Å². The van der Waals surface area contributed by atoms with Crippen LogP contribution in [0.5, 0.6) is 5.75 Å². The topological polar surface area (TPSA) is 75.6 Å². The van der Waals surface area contributed by atoms with E-state index in [1.54, 1.807) is 13.0 Å². The van der Waals surface area contributed by atoms with Crippen LogP contribution in [0.1, 0.15) is 42.6 Å². The molecule has 5 nitrogen and oxygen atoms in total. The van der Waals surface area contributed by atoms with E-state index < -0.39 is 17.4 Å². The second-order valence-corrected chi connectivity index (χ2v) is 5.05. The number of aryl methyl sites for hydroxylation is 1. The number of phenols is 1. The monoisotopic (exact) mass is 279 g/mol. The number of hydrogen-bond acceptors (Lipinski definition) is 4. The molecule has 0 bridgehead atoms. The number of amides is 1. The van der Waals surface area contributed by atoms with Crippen LogP contribution in [0.3, 0.4) is 0 Å². The molecule has 0 saturated carbocycles. The van der Waals surface area contributed by atoms with Crippen molar-refractivity contribution >= 4 is 11.9 Å². The molecule has 0 saturated heterocycles. The van der Waals surface area contributed by atoms with Crippen LogP contribution in [-0.2, 0) is 9.53 Å². The standard InChI is InChI=1S/C15H21NO4/c1-5-8-15(3,14(19)20-4)16-13(18)11-7-6-10(2)9-12(11)17/h6-7,9,17H,5,8H2,1-4H3,(H,16,18). The molecule has 110 valence electrons. The number of esters is 1. The summed E-state index contributed by atoms with van der Waals surface area (Å²) in [6.07, 6.45) is 1.17. The van der Waals surface area contributed by atoms with Crippen molar-refractivity contribution in [3.05, 3.63) is 29.3 Å². The number of methoxy groups -OCH3 is 1. The van der Waals surface area contributed by atoms with Gasteiger partial charge in [-0.1, -0.05) is 19.4 Å². The van der Waals surface area contributed by atoms with Crippen molar-refractivity contribution in [3.63, 3.8) is 0 Å². The molecular formula is C15H21NO4. The minimum Gasteiger partial charge on any atom is -0.507 e. The highest BCUT2D eigenvalue weighted by molar-refractivity contribution is 6.00. The Balaban J connectivity index is 2.99. The molecule has 1 unspecified atom stereocenters. The highest BCUT2D eigenvalue weighted by atomic mass is 16.5. The van der Waals surface area contributed by atoms with E-state index in [4.69, 9.17) is 4.74 Å². The average molecular weight is 279 g/mol. The number of phenolic OH excluding ortho intramolecular Hbond substituents is 1. The molecule has 0 aliphatic heterocycles. The van der Waals surface area contributed by atoms with Crippen LogP contribution in [0.4, 0.5) is 0 Å². The molecule has 0 aliphatic rings. The van der Waals surface area contributed by atoms with Gasteiger partial charge in [-0.15, -0.1) is 0 Å². The largest absolute Gasteiger partial charge is 0.507 e. The number of aromatic hydroxyl groups is 1. The fourth-order valence-corrected chi connectivity index (χ4v) is 2.09. The highest BCUT2D eigenvalue weighted by Gasteiger charge is 2.35. The van der Waals surface area contributed by atoms with Crippen LogP contribution in [0.15, 0.2) is 18.2 Å². The van der Waals surface area contributed by atoms with Crippen LogP contribution in [0.25, 0.3) is 0 Å². The van der Waals surface area contributed by atoms with E-state index in [1.807, 2.05) is 13.8 Å². The first-order valence-electron chi connectivity index (χ1n) is 6.54. The third-order valence-electron chi connectivity index (χ3n) is 3.17. The Kier molecular flexibility index (Phi) is 5.13. The predicted molar refractivity (Wildman–Crippen MR) is 75.6 cm³/mol. The molecule has 0 radical (unpaired) electrons. The lowest BCUT2D eigenvalue weighted by atomic mass is 9.95. The van der Waals surface area contributed by atoms with Crippen molar-refractivity contribution in [3.8, 4) is 5.75 Å². The lowest BCUT2D eigenvalue weighted by Gasteiger charge is -2.27. The average Bonchev–Trinajstić information content (AvgIpc) is 2.37. The number of hydrogen-bond donors (Lipinski definition) is 2. The Labute approximate surface area is 118 Å². The van der Waals surface area contributed by atoms with Crippen LogP contribution < -0.4 is 5.32 Å². The van der Waals surface area contributed by atoms with Crippen molar-refractivity contribution < 1.29 is 19.4 Å². The normalized spacial score (nSPS) is 13.4. The maximum atomic E-state index is 12.2. The van der Waals surface area contributed by atoms with E-state index in [-0.39, 0.29) is 11.3 Å². The minimum atomic E-state index is -1.10. The van der Waals surface area contributed by atoms with Gasteiger partial charge in [0.2, 0.25) is 0 Å². The van der Waals surface area contributed by atoms with Gasteiger partial charge in [0.25, 0.3) is 5.91 Å². The first-order valence-corrected chi connectivity index (χ1v) is 6.54. The molecule has 0 spiro atoms. The maximum absolute atomic E-state index is 12.2. The van der Waals surface area contributed by atoms with Crippen molar-refractivity contribution in [2.75, 3.05) is 7.11 Å². The molecule has 2 N–H and O–H groups in total. The molecule has 1 atom stereocenters. The zero-order chi connectivity index (χ0) is 15.3. The molecular weight excluding hydrogens is 258 g/mol. The van der Waals surface area contributed by atoms with Gasteiger partial charge < -0.3 is 15.2 Å². The van der Waals surface area contributed by atoms with E-state index in [9.17, 15) is 14.7 Å². The molecule has 0 fully saturated rings. The van der Waals surface area contributed by atoms with Crippen LogP contribution in [0.2, 0.25) is 0 Å². The molecule has 1 rings (SSSR count). The first kappa shape index (κ1) is 16.0. The molecule has 0 heterocycles. The second kappa shape index (κ2) is 6.41. The van der Waals surface area contributed by atoms with Gasteiger partial charge in [-0.3, -0.25) is 4.79 Å². The quantitative estimate of drug-likeness (QED) is 0.810. The van der Waals surface area contributed by atoms with Gasteiger partial charge >= 0.3 is 5.97 Å². The van der Waals surface area contributed by atoms with Crippen LogP contribution in [-0.4, -0.2) is 29.6 Å². The number of ether oxygens (including phenoxy) is 1. The number of carbonyl (C=O) groups is 2. The van der Waals surface area contributed by atoms with E-state index in [2.05, 4.69) is 5.32 Å². The van der Waals surface area contributed by atoms with Gasteiger partial charge in [0.15, 0.2) is 0 Å². The Morgan fingerprint density at radius 1 is 1.40 bits per heavy atom. The number of benzene rings is 1. The third kappa shape index (κ3) is 3.50. The summed E-state index contributed by atoms with van der Waals surface area (Å²) in [6.45, 7) is 5.35. The fraction of sp³-hybridized carbons (Fsp3) is 0.467. The molecule has 0 aromatic heterocycles. The van der Waals surface area contributed by atoms with Gasteiger partial charge in [-0.05, 0) is 38.0 Å². The summed E-state index contributed by atoms with van der Waals surface area (Å²) in [7, 11) is 1.28. The summed E-state index contributed by atoms with van der Waals surface area (Å²) in [4.78, 5) is 24.0. The maximum Gasteiger partial charge on any atom is 0.331 e. The summed E-state index contributed by atoms with van der Waals surface area (Å²) in [6, 6.07) is 4.76. The minimum absolute atomic E-state index is 0.105. The van der Waals surface area contributed by atoms with Gasteiger partial charge in [0, 0.05) is 0 Å². The molecule has 5 heteroatoms. The lowest BCUT2D eigenvalue weighted by molar-refractivity contribution is -0.147. The predicted octanol–water partition coefficient (Wildman–Crippen LogP) is 2.16. The fourth-order valence-electron chi connectivity index (χ4n) is 2.09. The summed E-state index contributed by atoms with van der Waals surface area (Å²) < 4.78 is 4.74. The van der Waals surface area contributed by atoms with Crippen molar-refractivity contribution in [1.82, 2.24) is 5.32 Å². The van der Waals surface area contributed by atoms with Gasteiger partial charge in [0.1, 0.15) is 11.3 Å². The zero-order valence-electron chi connectivity index (χ0n) is 12.3.